The molecule has 2 heterocycles. The fraction of sp³-hybridized carbons (Fsp3) is 0.462. The van der Waals surface area contributed by atoms with Gasteiger partial charge in [-0.25, -0.2) is 0 Å². The highest BCUT2D eigenvalue weighted by Gasteiger charge is 2.32. The van der Waals surface area contributed by atoms with Crippen LogP contribution < -0.4 is 0 Å². The Morgan fingerprint density at radius 3 is 2.88 bits per heavy atom. The summed E-state index contributed by atoms with van der Waals surface area (Å²) in [5.41, 5.74) is 2.31. The van der Waals surface area contributed by atoms with E-state index in [-0.39, 0.29) is 12.2 Å². The molecule has 1 aromatic carbocycles. The van der Waals surface area contributed by atoms with Gasteiger partial charge in [-0.1, -0.05) is 30.3 Å². The van der Waals surface area contributed by atoms with Gasteiger partial charge in [-0.3, -0.25) is 4.99 Å². The van der Waals surface area contributed by atoms with E-state index in [1.165, 1.54) is 5.56 Å². The van der Waals surface area contributed by atoms with E-state index in [1.54, 1.807) is 0 Å². The Hall–Kier alpha value is -1.19. The maximum Gasteiger partial charge on any atom is 0.113 e. The molecule has 0 unspecified atom stereocenters. The van der Waals surface area contributed by atoms with Crippen molar-refractivity contribution < 1.29 is 4.74 Å². The number of ether oxygens (including phenoxy) is 1. The Morgan fingerprint density at radius 2 is 2.06 bits per heavy atom. The monoisotopic (exact) mass is 216 g/mol. The molecule has 0 radical (unpaired) electrons. The van der Waals surface area contributed by atoms with E-state index in [4.69, 9.17) is 4.74 Å². The molecule has 1 saturated heterocycles. The first-order valence-corrected chi connectivity index (χ1v) is 5.77. The van der Waals surface area contributed by atoms with Gasteiger partial charge in [-0.2, -0.15) is 0 Å². The van der Waals surface area contributed by atoms with E-state index < -0.39 is 0 Å². The number of aliphatic imine (C=N–C) groups is 1. The fourth-order valence-electron chi connectivity index (χ4n) is 2.46. The molecule has 84 valence electrons. The standard InChI is InChI=1S/C13H16N2O/c1-15-8-11-7-14-13(12(9-15)16-11)10-5-3-2-4-6-10/h2-6,11-12H,7-9H2,1H3/t11-,12-/m1/s1. The summed E-state index contributed by atoms with van der Waals surface area (Å²) in [5, 5.41) is 0. The molecule has 3 heteroatoms. The minimum atomic E-state index is 0.153. The van der Waals surface area contributed by atoms with Crippen LogP contribution in [0.25, 0.3) is 0 Å². The van der Waals surface area contributed by atoms with Crippen molar-refractivity contribution in [1.82, 2.24) is 4.90 Å². The first-order valence-electron chi connectivity index (χ1n) is 5.77. The number of likely N-dealkylation sites (N-methyl/N-ethyl adjacent to an activating group) is 1. The van der Waals surface area contributed by atoms with Crippen molar-refractivity contribution in [1.29, 1.82) is 0 Å². The SMILES string of the molecule is CN1C[C@H]2CN=C(c3ccccc3)[C@@H](C1)O2. The number of rotatable bonds is 1. The Labute approximate surface area is 95.7 Å². The molecule has 0 aromatic heterocycles. The molecule has 2 aliphatic rings. The Balaban J connectivity index is 1.91. The Morgan fingerprint density at radius 1 is 1.25 bits per heavy atom. The van der Waals surface area contributed by atoms with Crippen LogP contribution in [0.15, 0.2) is 35.3 Å². The van der Waals surface area contributed by atoms with E-state index in [9.17, 15) is 0 Å². The summed E-state index contributed by atoms with van der Waals surface area (Å²) in [6.07, 6.45) is 0.441. The summed E-state index contributed by atoms with van der Waals surface area (Å²) in [6, 6.07) is 10.4. The number of morpholine rings is 1. The van der Waals surface area contributed by atoms with E-state index >= 15 is 0 Å². The third-order valence-corrected chi connectivity index (χ3v) is 3.19. The molecule has 0 N–H and O–H groups in total. The van der Waals surface area contributed by atoms with Gasteiger partial charge in [0.2, 0.25) is 0 Å². The van der Waals surface area contributed by atoms with Crippen LogP contribution in [0.5, 0.6) is 0 Å². The van der Waals surface area contributed by atoms with Gasteiger partial charge in [0.1, 0.15) is 6.10 Å². The minimum absolute atomic E-state index is 0.153. The quantitative estimate of drug-likeness (QED) is 0.704. The van der Waals surface area contributed by atoms with Gasteiger partial charge in [0.05, 0.1) is 18.4 Å². The molecule has 2 bridgehead atoms. The Kier molecular flexibility index (Phi) is 2.50. The summed E-state index contributed by atoms with van der Waals surface area (Å²) in [6.45, 7) is 2.75. The lowest BCUT2D eigenvalue weighted by Crippen LogP contribution is -2.52. The van der Waals surface area contributed by atoms with Gasteiger partial charge in [-0.05, 0) is 12.6 Å². The molecule has 0 spiro atoms. The molecule has 1 aromatic rings. The van der Waals surface area contributed by atoms with Crippen LogP contribution in [0.2, 0.25) is 0 Å². The third kappa shape index (κ3) is 1.77. The van der Waals surface area contributed by atoms with E-state index in [1.807, 2.05) is 6.07 Å². The fourth-order valence-corrected chi connectivity index (χ4v) is 2.46. The highest BCUT2D eigenvalue weighted by Crippen LogP contribution is 2.20. The largest absolute Gasteiger partial charge is 0.364 e. The highest BCUT2D eigenvalue weighted by molar-refractivity contribution is 6.04. The Bertz CT molecular complexity index is 402. The van der Waals surface area contributed by atoms with Crippen LogP contribution in [0, 0.1) is 0 Å². The van der Waals surface area contributed by atoms with Crippen LogP contribution in [0.1, 0.15) is 5.56 Å². The van der Waals surface area contributed by atoms with Gasteiger partial charge >= 0.3 is 0 Å². The van der Waals surface area contributed by atoms with Crippen LogP contribution in [-0.2, 0) is 4.74 Å². The van der Waals surface area contributed by atoms with Crippen LogP contribution in [0.4, 0.5) is 0 Å². The summed E-state index contributed by atoms with van der Waals surface area (Å²) in [5.74, 6) is 0. The molecule has 2 aliphatic heterocycles. The molecule has 1 fully saturated rings. The topological polar surface area (TPSA) is 24.8 Å². The van der Waals surface area contributed by atoms with Gasteiger partial charge in [-0.15, -0.1) is 0 Å². The lowest BCUT2D eigenvalue weighted by Gasteiger charge is -2.39. The van der Waals surface area contributed by atoms with Crippen molar-refractivity contribution in [2.24, 2.45) is 4.99 Å². The molecule has 16 heavy (non-hydrogen) atoms. The van der Waals surface area contributed by atoms with Crippen molar-refractivity contribution in [2.75, 3.05) is 26.7 Å². The summed E-state index contributed by atoms with van der Waals surface area (Å²) in [7, 11) is 2.15. The first-order chi connectivity index (χ1) is 7.83. The second-order valence-electron chi connectivity index (χ2n) is 4.56. The number of benzene rings is 1. The van der Waals surface area contributed by atoms with Crippen molar-refractivity contribution >= 4 is 5.71 Å². The molecular weight excluding hydrogens is 200 g/mol. The smallest absolute Gasteiger partial charge is 0.113 e. The molecule has 0 aliphatic carbocycles. The van der Waals surface area contributed by atoms with Crippen molar-refractivity contribution in [3.05, 3.63) is 35.9 Å². The third-order valence-electron chi connectivity index (χ3n) is 3.19. The molecule has 0 saturated carbocycles. The zero-order valence-corrected chi connectivity index (χ0v) is 9.47. The van der Waals surface area contributed by atoms with E-state index in [0.29, 0.717) is 0 Å². The lowest BCUT2D eigenvalue weighted by molar-refractivity contribution is -0.0491. The first kappa shape index (κ1) is 10.00. The highest BCUT2D eigenvalue weighted by atomic mass is 16.5. The maximum atomic E-state index is 5.99. The summed E-state index contributed by atoms with van der Waals surface area (Å²) in [4.78, 5) is 7.01. The normalized spacial score (nSPS) is 29.9. The van der Waals surface area contributed by atoms with E-state index in [2.05, 4.69) is 41.2 Å². The molecule has 2 atom stereocenters. The van der Waals surface area contributed by atoms with E-state index in [0.717, 1.165) is 25.3 Å². The lowest BCUT2D eigenvalue weighted by atomic mass is 10.0. The van der Waals surface area contributed by atoms with Crippen molar-refractivity contribution in [2.45, 2.75) is 12.2 Å². The second kappa shape index (κ2) is 4.00. The van der Waals surface area contributed by atoms with Crippen LogP contribution in [0.3, 0.4) is 0 Å². The number of fused-ring (bicyclic) bond motifs is 2. The van der Waals surface area contributed by atoms with Gasteiger partial charge in [0, 0.05) is 13.1 Å². The predicted molar refractivity (Wildman–Crippen MR) is 64.0 cm³/mol. The van der Waals surface area contributed by atoms with Crippen molar-refractivity contribution in [3.63, 3.8) is 0 Å². The average molecular weight is 216 g/mol. The summed E-state index contributed by atoms with van der Waals surface area (Å²) >= 11 is 0. The zero-order valence-electron chi connectivity index (χ0n) is 9.47. The van der Waals surface area contributed by atoms with Crippen LogP contribution >= 0.6 is 0 Å². The molecule has 3 nitrogen and oxygen atoms in total. The zero-order chi connectivity index (χ0) is 11.0. The number of hydrogen-bond donors (Lipinski definition) is 0. The van der Waals surface area contributed by atoms with Crippen molar-refractivity contribution in [3.8, 4) is 0 Å². The second-order valence-corrected chi connectivity index (χ2v) is 4.56. The summed E-state index contributed by atoms with van der Waals surface area (Å²) < 4.78 is 5.99. The number of hydrogen-bond acceptors (Lipinski definition) is 3. The average Bonchev–Trinajstić information content (AvgIpc) is 2.30. The van der Waals surface area contributed by atoms with Gasteiger partial charge in [0.25, 0.3) is 0 Å². The van der Waals surface area contributed by atoms with Gasteiger partial charge < -0.3 is 9.64 Å². The maximum absolute atomic E-state index is 5.99. The predicted octanol–water partition coefficient (Wildman–Crippen LogP) is 1.19. The minimum Gasteiger partial charge on any atom is -0.364 e. The molecular formula is C13H16N2O. The number of nitrogens with zero attached hydrogens (tertiary/aromatic N) is 2. The van der Waals surface area contributed by atoms with Crippen LogP contribution in [-0.4, -0.2) is 49.5 Å². The molecule has 0 amide bonds. The molecule has 3 rings (SSSR count). The van der Waals surface area contributed by atoms with Gasteiger partial charge in [0.15, 0.2) is 0 Å².